The van der Waals surface area contributed by atoms with E-state index in [2.05, 4.69) is 10.2 Å². The van der Waals surface area contributed by atoms with Gasteiger partial charge in [0, 0.05) is 33.3 Å². The summed E-state index contributed by atoms with van der Waals surface area (Å²) < 4.78 is 72.0. The van der Waals surface area contributed by atoms with Gasteiger partial charge in [-0.05, 0) is 93.4 Å². The monoisotopic (exact) mass is 740 g/mol. The molecule has 0 aliphatic heterocycles. The normalized spacial score (nSPS) is 12.0. The van der Waals surface area contributed by atoms with Crippen LogP contribution in [0.4, 0.5) is 22.7 Å². The maximum absolute atomic E-state index is 12.8. The molecule has 0 aromatic heterocycles. The second-order valence-electron chi connectivity index (χ2n) is 12.0. The molecule has 0 radical (unpaired) electrons. The number of rotatable bonds is 9. The van der Waals surface area contributed by atoms with Crippen molar-refractivity contribution in [2.75, 3.05) is 11.5 Å². The highest BCUT2D eigenvalue weighted by Crippen LogP contribution is 2.51. The summed E-state index contributed by atoms with van der Waals surface area (Å²) in [5.74, 6) is -1.21. The number of hydrogen-bond acceptors (Lipinski definition) is 12. The smallest absolute Gasteiger partial charge is 0.297 e. The van der Waals surface area contributed by atoms with Gasteiger partial charge >= 0.3 is 0 Å². The van der Waals surface area contributed by atoms with Crippen molar-refractivity contribution in [3.63, 3.8) is 0 Å². The molecule has 0 bridgehead atoms. The van der Waals surface area contributed by atoms with Crippen molar-refractivity contribution in [2.24, 2.45) is 10.2 Å². The lowest BCUT2D eigenvalue weighted by Gasteiger charge is -2.20. The highest BCUT2D eigenvalue weighted by molar-refractivity contribution is 7.86. The number of aromatic hydroxyl groups is 2. The summed E-state index contributed by atoms with van der Waals surface area (Å²) in [6.45, 7) is 3.69. The number of nitrogens with zero attached hydrogens (tertiary/aromatic N) is 2. The molecule has 266 valence electrons. The van der Waals surface area contributed by atoms with Gasteiger partial charge in [-0.2, -0.15) is 27.1 Å². The van der Waals surface area contributed by atoms with Crippen LogP contribution in [0.25, 0.3) is 54.9 Å². The van der Waals surface area contributed by atoms with Crippen molar-refractivity contribution in [3.05, 3.63) is 83.9 Å². The number of aryl methyl sites for hydroxylation is 2. The van der Waals surface area contributed by atoms with E-state index in [1.54, 1.807) is 24.3 Å². The Bertz CT molecular complexity index is 2560. The van der Waals surface area contributed by atoms with Gasteiger partial charge in [0.2, 0.25) is 0 Å². The topological polar surface area (TPSA) is 274 Å². The zero-order chi connectivity index (χ0) is 37.9. The molecule has 10 N–H and O–H groups in total. The Morgan fingerprint density at radius 1 is 0.577 bits per heavy atom. The SMILES string of the molecule is CCc1cc(-c2ccc(-c3c(S(=O)(=O)O)c(N=N)c(O)c4ccc(N)cc34)c(CC)c2)ccc1-c1c(S(=O)(=O)O)c(N=N)c(O)c2ccc(N)cc12. The largest absolute Gasteiger partial charge is 0.505 e. The lowest BCUT2D eigenvalue weighted by atomic mass is 9.87. The van der Waals surface area contributed by atoms with Gasteiger partial charge in [-0.3, -0.25) is 9.11 Å². The predicted octanol–water partition coefficient (Wildman–Crippen LogP) is 8.51. The van der Waals surface area contributed by atoms with Crippen LogP contribution < -0.4 is 11.5 Å². The average Bonchev–Trinajstić information content (AvgIpc) is 3.10. The molecular weight excluding hydrogens is 709 g/mol. The first-order valence-corrected chi connectivity index (χ1v) is 18.6. The van der Waals surface area contributed by atoms with Crippen molar-refractivity contribution < 1.29 is 36.2 Å². The first-order chi connectivity index (χ1) is 24.5. The third-order valence-corrected chi connectivity index (χ3v) is 10.9. The molecule has 52 heavy (non-hydrogen) atoms. The molecule has 6 aromatic rings. The van der Waals surface area contributed by atoms with Gasteiger partial charge in [0.05, 0.1) is 0 Å². The summed E-state index contributed by atoms with van der Waals surface area (Å²) in [6, 6.07) is 19.3. The van der Waals surface area contributed by atoms with Gasteiger partial charge in [-0.15, -0.1) is 0 Å². The van der Waals surface area contributed by atoms with Gasteiger partial charge in [-0.25, -0.2) is 11.1 Å². The maximum Gasteiger partial charge on any atom is 0.297 e. The second kappa shape index (κ2) is 13.0. The number of hydrogen-bond donors (Lipinski definition) is 8. The van der Waals surface area contributed by atoms with E-state index in [1.165, 1.54) is 36.4 Å². The molecule has 0 saturated carbocycles. The number of nitrogens with two attached hydrogens (primary N) is 2. The Kier molecular flexibility index (Phi) is 8.96. The minimum atomic E-state index is -5.04. The van der Waals surface area contributed by atoms with Crippen LogP contribution in [0.3, 0.4) is 0 Å². The molecule has 0 aliphatic rings. The highest BCUT2D eigenvalue weighted by atomic mass is 32.2. The molecule has 6 rings (SSSR count). The van der Waals surface area contributed by atoms with E-state index in [1.807, 2.05) is 26.0 Å². The molecule has 0 saturated heterocycles. The second-order valence-corrected chi connectivity index (χ2v) is 14.8. The van der Waals surface area contributed by atoms with E-state index in [0.29, 0.717) is 46.2 Å². The third-order valence-electron chi connectivity index (χ3n) is 9.05. The van der Waals surface area contributed by atoms with Gasteiger partial charge in [0.1, 0.15) is 21.2 Å². The van der Waals surface area contributed by atoms with Gasteiger partial charge in [-0.1, -0.05) is 50.2 Å². The maximum atomic E-state index is 12.8. The van der Waals surface area contributed by atoms with Crippen molar-refractivity contribution in [1.29, 1.82) is 11.1 Å². The summed E-state index contributed by atoms with van der Waals surface area (Å²) >= 11 is 0. The predicted molar refractivity (Wildman–Crippen MR) is 198 cm³/mol. The highest BCUT2D eigenvalue weighted by Gasteiger charge is 2.31. The fraction of sp³-hybridized carbons (Fsp3) is 0.111. The summed E-state index contributed by atoms with van der Waals surface area (Å²) in [4.78, 5) is -1.48. The minimum absolute atomic E-state index is 0.00781. The first-order valence-electron chi connectivity index (χ1n) is 15.7. The molecule has 14 nitrogen and oxygen atoms in total. The van der Waals surface area contributed by atoms with Crippen LogP contribution >= 0.6 is 0 Å². The Morgan fingerprint density at radius 3 is 1.25 bits per heavy atom. The van der Waals surface area contributed by atoms with E-state index < -0.39 is 52.9 Å². The molecule has 0 aliphatic carbocycles. The fourth-order valence-electron chi connectivity index (χ4n) is 6.77. The molecule has 0 heterocycles. The Labute approximate surface area is 297 Å². The van der Waals surface area contributed by atoms with Crippen LogP contribution in [0.2, 0.25) is 0 Å². The number of nitrogen functional groups attached to an aromatic ring is 2. The minimum Gasteiger partial charge on any atom is -0.505 e. The van der Waals surface area contributed by atoms with Crippen LogP contribution in [-0.4, -0.2) is 36.2 Å². The number of nitrogens with one attached hydrogen (secondary N) is 2. The summed E-state index contributed by atoms with van der Waals surface area (Å²) in [6.07, 6.45) is 0.756. The van der Waals surface area contributed by atoms with E-state index >= 15 is 0 Å². The molecule has 0 unspecified atom stereocenters. The molecule has 0 amide bonds. The molecule has 6 aromatic carbocycles. The Hall–Kier alpha value is -5.94. The molecule has 0 fully saturated rings. The summed E-state index contributed by atoms with van der Waals surface area (Å²) in [5.41, 5.74) is 30.1. The number of phenols is 2. The quantitative estimate of drug-likeness (QED) is 0.0397. The number of phenolic OH excluding ortho intramolecular Hbond substituents is 2. The van der Waals surface area contributed by atoms with Gasteiger partial charge in [0.15, 0.2) is 11.5 Å². The van der Waals surface area contributed by atoms with Gasteiger partial charge < -0.3 is 21.7 Å². The van der Waals surface area contributed by atoms with Crippen molar-refractivity contribution in [1.82, 2.24) is 0 Å². The van der Waals surface area contributed by atoms with Crippen LogP contribution in [0.5, 0.6) is 11.5 Å². The standard InChI is InChI=1S/C36H32N6O8S2/c1-3-17-13-19(5-9-23(17)29-27-15-21(37)7-11-25(27)33(43)31(41-39)35(29)51(45,46)47)20-6-10-24(18(4-2)14-20)30-28-16-22(38)8-12-26(28)34(44)32(42-40)36(30)52(48,49)50/h5-16,39-40,43-44H,3-4,37-38H2,1-2H3,(H,45,46,47)(H,48,49,50). The molecular formula is C36H32N6O8S2. The lowest BCUT2D eigenvalue weighted by molar-refractivity contribution is 0.472. The van der Waals surface area contributed by atoms with E-state index in [0.717, 1.165) is 0 Å². The zero-order valence-corrected chi connectivity index (χ0v) is 29.3. The van der Waals surface area contributed by atoms with Crippen molar-refractivity contribution >= 4 is 64.5 Å². The Balaban J connectivity index is 1.62. The average molecular weight is 741 g/mol. The first kappa shape index (κ1) is 35.9. The lowest BCUT2D eigenvalue weighted by Crippen LogP contribution is -2.05. The van der Waals surface area contributed by atoms with Crippen LogP contribution in [0, 0.1) is 11.1 Å². The Morgan fingerprint density at radius 2 is 0.942 bits per heavy atom. The van der Waals surface area contributed by atoms with E-state index in [-0.39, 0.29) is 44.0 Å². The zero-order valence-electron chi connectivity index (χ0n) is 27.6. The van der Waals surface area contributed by atoms with Gasteiger partial charge in [0.25, 0.3) is 20.2 Å². The van der Waals surface area contributed by atoms with Crippen LogP contribution in [0.1, 0.15) is 25.0 Å². The summed E-state index contributed by atoms with van der Waals surface area (Å²) in [7, 11) is -10.1. The van der Waals surface area contributed by atoms with Crippen LogP contribution in [-0.2, 0) is 33.1 Å². The van der Waals surface area contributed by atoms with Crippen LogP contribution in [0.15, 0.2) is 92.8 Å². The number of fused-ring (bicyclic) bond motifs is 2. The molecule has 0 spiro atoms. The third kappa shape index (κ3) is 5.86. The van der Waals surface area contributed by atoms with E-state index in [9.17, 15) is 36.2 Å². The van der Waals surface area contributed by atoms with E-state index in [4.69, 9.17) is 22.5 Å². The summed E-state index contributed by atoms with van der Waals surface area (Å²) in [5, 5.41) is 29.1. The van der Waals surface area contributed by atoms with Crippen molar-refractivity contribution in [3.8, 4) is 44.9 Å². The number of anilines is 2. The molecule has 16 heteroatoms. The fourth-order valence-corrected chi connectivity index (χ4v) is 8.49. The molecule has 0 atom stereocenters. The number of benzene rings is 6. The van der Waals surface area contributed by atoms with Crippen molar-refractivity contribution in [2.45, 2.75) is 36.5 Å².